The van der Waals surface area contributed by atoms with Crippen LogP contribution in [0.3, 0.4) is 0 Å². The van der Waals surface area contributed by atoms with Gasteiger partial charge < -0.3 is 4.74 Å². The molecule has 3 nitrogen and oxygen atoms in total. The number of ether oxygens (including phenoxy) is 1. The maximum atomic E-state index is 5.99. The van der Waals surface area contributed by atoms with Crippen LogP contribution < -0.4 is 5.43 Å². The first kappa shape index (κ1) is 18.0. The topological polar surface area (TPSA) is 24.5 Å². The standard InChI is InChI=1S/C19H24N2O.ClH/c1-16-19(18-10-6-3-7-11-18)22-15-14-21(16)20-13-12-17-8-4-2-5-9-17;/h2-11,16,19-20H,12-15H2,1H3;1H. The SMILES string of the molecule is CC1C(c2ccccc2)OCCN1NCCc1ccccc1.Cl. The monoisotopic (exact) mass is 332 g/mol. The normalized spacial score (nSPS) is 21.6. The fraction of sp³-hybridized carbons (Fsp3) is 0.368. The average Bonchev–Trinajstić information content (AvgIpc) is 2.58. The van der Waals surface area contributed by atoms with Crippen LogP contribution in [0.2, 0.25) is 0 Å². The maximum absolute atomic E-state index is 5.99. The number of hydrogen-bond donors (Lipinski definition) is 1. The third-order valence-electron chi connectivity index (χ3n) is 4.26. The van der Waals surface area contributed by atoms with Gasteiger partial charge >= 0.3 is 0 Å². The minimum Gasteiger partial charge on any atom is -0.370 e. The van der Waals surface area contributed by atoms with Crippen LogP contribution in [-0.2, 0) is 11.2 Å². The van der Waals surface area contributed by atoms with E-state index in [2.05, 4.69) is 72.0 Å². The lowest BCUT2D eigenvalue weighted by atomic mass is 10.0. The molecule has 2 aromatic rings. The predicted octanol–water partition coefficient (Wildman–Crippen LogP) is 3.62. The zero-order chi connectivity index (χ0) is 15.2. The molecule has 0 spiro atoms. The second kappa shape index (κ2) is 9.04. The molecule has 23 heavy (non-hydrogen) atoms. The number of hydrazine groups is 1. The summed E-state index contributed by atoms with van der Waals surface area (Å²) in [6, 6.07) is 21.4. The van der Waals surface area contributed by atoms with E-state index in [1.807, 2.05) is 6.07 Å². The highest BCUT2D eigenvalue weighted by atomic mass is 35.5. The Balaban J connectivity index is 0.00000192. The molecule has 1 N–H and O–H groups in total. The van der Waals surface area contributed by atoms with Crippen molar-refractivity contribution in [1.82, 2.24) is 10.4 Å². The van der Waals surface area contributed by atoms with E-state index >= 15 is 0 Å². The molecule has 0 saturated carbocycles. The molecule has 2 atom stereocenters. The summed E-state index contributed by atoms with van der Waals surface area (Å²) in [6.07, 6.45) is 1.18. The van der Waals surface area contributed by atoms with Gasteiger partial charge in [0, 0.05) is 13.1 Å². The number of halogens is 1. The summed E-state index contributed by atoms with van der Waals surface area (Å²) in [5.41, 5.74) is 6.20. The zero-order valence-corrected chi connectivity index (χ0v) is 14.3. The van der Waals surface area contributed by atoms with Gasteiger partial charge in [-0.05, 0) is 24.5 Å². The van der Waals surface area contributed by atoms with E-state index in [1.54, 1.807) is 0 Å². The molecule has 0 radical (unpaired) electrons. The number of hydrogen-bond acceptors (Lipinski definition) is 3. The van der Waals surface area contributed by atoms with Crippen molar-refractivity contribution in [3.05, 3.63) is 71.8 Å². The summed E-state index contributed by atoms with van der Waals surface area (Å²) in [5, 5.41) is 2.32. The lowest BCUT2D eigenvalue weighted by Gasteiger charge is -2.39. The second-order valence-corrected chi connectivity index (χ2v) is 5.78. The zero-order valence-electron chi connectivity index (χ0n) is 13.5. The van der Waals surface area contributed by atoms with Crippen LogP contribution >= 0.6 is 12.4 Å². The molecule has 2 unspecified atom stereocenters. The van der Waals surface area contributed by atoms with Crippen LogP contribution in [-0.4, -0.2) is 30.7 Å². The Morgan fingerprint density at radius 2 is 1.70 bits per heavy atom. The molecule has 124 valence electrons. The summed E-state index contributed by atoms with van der Waals surface area (Å²) in [6.45, 7) is 4.88. The van der Waals surface area contributed by atoms with Crippen molar-refractivity contribution in [3.63, 3.8) is 0 Å². The second-order valence-electron chi connectivity index (χ2n) is 5.78. The summed E-state index contributed by atoms with van der Waals surface area (Å²) in [7, 11) is 0. The first-order chi connectivity index (χ1) is 10.8. The highest BCUT2D eigenvalue weighted by molar-refractivity contribution is 5.85. The average molecular weight is 333 g/mol. The molecule has 0 bridgehead atoms. The lowest BCUT2D eigenvalue weighted by molar-refractivity contribution is -0.0867. The molecule has 1 saturated heterocycles. The van der Waals surface area contributed by atoms with Gasteiger partial charge in [-0.3, -0.25) is 5.43 Å². The Labute approximate surface area is 145 Å². The van der Waals surface area contributed by atoms with E-state index in [9.17, 15) is 0 Å². The Bertz CT molecular complexity index is 564. The van der Waals surface area contributed by atoms with Gasteiger partial charge in [0.15, 0.2) is 0 Å². The highest BCUT2D eigenvalue weighted by Gasteiger charge is 2.29. The third kappa shape index (κ3) is 4.79. The largest absolute Gasteiger partial charge is 0.370 e. The van der Waals surface area contributed by atoms with Gasteiger partial charge in [0.2, 0.25) is 0 Å². The molecule has 1 heterocycles. The first-order valence-corrected chi connectivity index (χ1v) is 8.05. The maximum Gasteiger partial charge on any atom is 0.0991 e. The molecule has 1 fully saturated rings. The van der Waals surface area contributed by atoms with Crippen molar-refractivity contribution in [2.24, 2.45) is 0 Å². The molecule has 0 amide bonds. The van der Waals surface area contributed by atoms with Crippen LogP contribution in [0.5, 0.6) is 0 Å². The van der Waals surface area contributed by atoms with Crippen molar-refractivity contribution < 1.29 is 4.74 Å². The summed E-state index contributed by atoms with van der Waals surface area (Å²) >= 11 is 0. The van der Waals surface area contributed by atoms with Crippen molar-refractivity contribution >= 4 is 12.4 Å². The van der Waals surface area contributed by atoms with Gasteiger partial charge in [0.05, 0.1) is 18.8 Å². The number of benzene rings is 2. The van der Waals surface area contributed by atoms with Crippen molar-refractivity contribution in [3.8, 4) is 0 Å². The smallest absolute Gasteiger partial charge is 0.0991 e. The Kier molecular flexibility index (Phi) is 7.06. The quantitative estimate of drug-likeness (QED) is 0.905. The Hall–Kier alpha value is -1.39. The number of nitrogens with one attached hydrogen (secondary N) is 1. The molecule has 2 aromatic carbocycles. The molecule has 0 aromatic heterocycles. The number of rotatable bonds is 5. The van der Waals surface area contributed by atoms with Gasteiger partial charge in [-0.15, -0.1) is 12.4 Å². The fourth-order valence-electron chi connectivity index (χ4n) is 3.01. The molecule has 3 rings (SSSR count). The van der Waals surface area contributed by atoms with E-state index in [1.165, 1.54) is 11.1 Å². The van der Waals surface area contributed by atoms with Gasteiger partial charge in [-0.1, -0.05) is 60.7 Å². The van der Waals surface area contributed by atoms with E-state index in [-0.39, 0.29) is 18.5 Å². The van der Waals surface area contributed by atoms with Crippen molar-refractivity contribution in [2.75, 3.05) is 19.7 Å². The molecular formula is C19H25ClN2O. The highest BCUT2D eigenvalue weighted by Crippen LogP contribution is 2.27. The summed E-state index contributed by atoms with van der Waals surface area (Å²) in [5.74, 6) is 0. The predicted molar refractivity (Wildman–Crippen MR) is 96.7 cm³/mol. The van der Waals surface area contributed by atoms with Crippen LogP contribution in [0.1, 0.15) is 24.2 Å². The minimum absolute atomic E-state index is 0. The Morgan fingerprint density at radius 3 is 2.39 bits per heavy atom. The van der Waals surface area contributed by atoms with Crippen molar-refractivity contribution in [1.29, 1.82) is 0 Å². The molecule has 1 aliphatic rings. The van der Waals surface area contributed by atoms with Gasteiger partial charge in [0.1, 0.15) is 0 Å². The summed E-state index contributed by atoms with van der Waals surface area (Å²) < 4.78 is 5.99. The molecule has 1 aliphatic heterocycles. The van der Waals surface area contributed by atoms with Crippen LogP contribution in [0, 0.1) is 0 Å². The van der Waals surface area contributed by atoms with E-state index < -0.39 is 0 Å². The number of nitrogens with zero attached hydrogens (tertiary/aromatic N) is 1. The molecule has 0 aliphatic carbocycles. The fourth-order valence-corrected chi connectivity index (χ4v) is 3.01. The van der Waals surface area contributed by atoms with Crippen molar-refractivity contribution in [2.45, 2.75) is 25.5 Å². The van der Waals surface area contributed by atoms with E-state index in [0.717, 1.165) is 26.1 Å². The lowest BCUT2D eigenvalue weighted by Crippen LogP contribution is -2.53. The molecule has 4 heteroatoms. The van der Waals surface area contributed by atoms with Crippen LogP contribution in [0.15, 0.2) is 60.7 Å². The third-order valence-corrected chi connectivity index (χ3v) is 4.26. The van der Waals surface area contributed by atoms with Gasteiger partial charge in [-0.25, -0.2) is 5.01 Å². The van der Waals surface area contributed by atoms with E-state index in [4.69, 9.17) is 4.74 Å². The van der Waals surface area contributed by atoms with Crippen LogP contribution in [0.25, 0.3) is 0 Å². The summed E-state index contributed by atoms with van der Waals surface area (Å²) in [4.78, 5) is 0. The van der Waals surface area contributed by atoms with Gasteiger partial charge in [0.25, 0.3) is 0 Å². The van der Waals surface area contributed by atoms with Crippen LogP contribution in [0.4, 0.5) is 0 Å². The molecular weight excluding hydrogens is 308 g/mol. The van der Waals surface area contributed by atoms with Gasteiger partial charge in [-0.2, -0.15) is 0 Å². The van der Waals surface area contributed by atoms with E-state index in [0.29, 0.717) is 6.04 Å². The number of morpholine rings is 1. The first-order valence-electron chi connectivity index (χ1n) is 8.05. The Morgan fingerprint density at radius 1 is 1.04 bits per heavy atom. The minimum atomic E-state index is 0.